The molecule has 4 aromatic rings. The molecule has 0 saturated heterocycles. The maximum Gasteiger partial charge on any atom is 0.270 e. The van der Waals surface area contributed by atoms with Gasteiger partial charge in [0.1, 0.15) is 16.9 Å². The van der Waals surface area contributed by atoms with Gasteiger partial charge in [-0.25, -0.2) is 9.37 Å². The summed E-state index contributed by atoms with van der Waals surface area (Å²) in [7, 11) is 1.34. The Morgan fingerprint density at radius 1 is 1.17 bits per heavy atom. The number of fused-ring (bicyclic) bond motifs is 2. The van der Waals surface area contributed by atoms with Gasteiger partial charge in [0.25, 0.3) is 11.5 Å². The van der Waals surface area contributed by atoms with Crippen LogP contribution in [-0.4, -0.2) is 40.6 Å². The lowest BCUT2D eigenvalue weighted by atomic mass is 10.1. The van der Waals surface area contributed by atoms with E-state index >= 15 is 4.39 Å². The second-order valence-corrected chi connectivity index (χ2v) is 7.56. The topological polar surface area (TPSA) is 104 Å². The second-order valence-electron chi connectivity index (χ2n) is 7.56. The van der Waals surface area contributed by atoms with Crippen LogP contribution in [-0.2, 0) is 16.0 Å². The summed E-state index contributed by atoms with van der Waals surface area (Å²) in [5.41, 5.74) is 1.08. The summed E-state index contributed by atoms with van der Waals surface area (Å²) in [6.07, 6.45) is 2.44. The van der Waals surface area contributed by atoms with Crippen molar-refractivity contribution >= 4 is 22.5 Å². The van der Waals surface area contributed by atoms with E-state index < -0.39 is 18.0 Å². The van der Waals surface area contributed by atoms with Crippen LogP contribution in [0.15, 0.2) is 53.6 Å². The predicted molar refractivity (Wildman–Crippen MR) is 127 cm³/mol. The van der Waals surface area contributed by atoms with Crippen LogP contribution in [0.1, 0.15) is 41.8 Å². The molecule has 35 heavy (non-hydrogen) atoms. The molecule has 3 heterocycles. The first kappa shape index (κ1) is 24.2. The van der Waals surface area contributed by atoms with Crippen molar-refractivity contribution in [2.75, 3.05) is 20.3 Å². The maximum absolute atomic E-state index is 15.2. The van der Waals surface area contributed by atoms with E-state index in [9.17, 15) is 9.59 Å². The number of benzene rings is 1. The van der Waals surface area contributed by atoms with E-state index in [0.29, 0.717) is 35.4 Å². The van der Waals surface area contributed by atoms with Crippen molar-refractivity contribution in [1.29, 1.82) is 0 Å². The van der Waals surface area contributed by atoms with Crippen LogP contribution in [0.3, 0.4) is 0 Å². The Morgan fingerprint density at radius 3 is 2.66 bits per heavy atom. The highest BCUT2D eigenvalue weighted by atomic mass is 19.1. The number of carbonyl (C=O) groups is 1. The predicted octanol–water partition coefficient (Wildman–Crippen LogP) is 3.39. The number of carbonyl (C=O) groups excluding carboxylic acids is 1. The van der Waals surface area contributed by atoms with E-state index in [-0.39, 0.29) is 29.1 Å². The normalized spacial score (nSPS) is 11.3. The monoisotopic (exact) mass is 480 g/mol. The molecule has 9 nitrogen and oxygen atoms in total. The van der Waals surface area contributed by atoms with Crippen molar-refractivity contribution in [2.45, 2.75) is 26.7 Å². The third kappa shape index (κ3) is 4.98. The molecule has 0 aliphatic carbocycles. The van der Waals surface area contributed by atoms with Gasteiger partial charge >= 0.3 is 0 Å². The van der Waals surface area contributed by atoms with Crippen molar-refractivity contribution < 1.29 is 23.4 Å². The van der Waals surface area contributed by atoms with E-state index in [1.165, 1.54) is 17.7 Å². The first-order valence-electron chi connectivity index (χ1n) is 11.1. The molecule has 182 valence electrons. The first-order valence-corrected chi connectivity index (χ1v) is 11.1. The number of hydrogen-bond acceptors (Lipinski definition) is 7. The molecule has 0 spiro atoms. The fraction of sp³-hybridized carbons (Fsp3) is 0.280. The number of ether oxygens (including phenoxy) is 3. The van der Waals surface area contributed by atoms with Crippen LogP contribution in [0.4, 0.5) is 4.39 Å². The van der Waals surface area contributed by atoms with Crippen LogP contribution in [0.5, 0.6) is 5.75 Å². The average molecular weight is 480 g/mol. The van der Waals surface area contributed by atoms with Crippen molar-refractivity contribution in [3.05, 3.63) is 81.8 Å². The third-order valence-electron chi connectivity index (χ3n) is 5.32. The zero-order valence-electron chi connectivity index (χ0n) is 19.6. The van der Waals surface area contributed by atoms with Gasteiger partial charge in [0, 0.05) is 54.7 Å². The molecule has 0 unspecified atom stereocenters. The van der Waals surface area contributed by atoms with Gasteiger partial charge in [-0.05, 0) is 38.1 Å². The standard InChI is InChI=1S/C25H25FN4O5/c1-4-34-25(35-5-2)17-11-15-10-16(23(33-3)21(26)22(15)27-14-17)13-28-24(32)18-12-20(31)30-9-7-6-8-19(30)29-18/h6-12,14,25H,4-5,13H2,1-3H3,(H,28,32). The van der Waals surface area contributed by atoms with Crippen LogP contribution < -0.4 is 15.6 Å². The maximum atomic E-state index is 15.2. The van der Waals surface area contributed by atoms with Crippen molar-refractivity contribution in [2.24, 2.45) is 0 Å². The van der Waals surface area contributed by atoms with Gasteiger partial charge in [-0.1, -0.05) is 6.07 Å². The van der Waals surface area contributed by atoms with Gasteiger partial charge in [0.05, 0.1) is 7.11 Å². The van der Waals surface area contributed by atoms with E-state index in [0.717, 1.165) is 6.07 Å². The molecule has 1 amide bonds. The van der Waals surface area contributed by atoms with Crippen LogP contribution in [0.2, 0.25) is 0 Å². The number of halogens is 1. The Balaban J connectivity index is 1.65. The number of hydrogen-bond donors (Lipinski definition) is 1. The Morgan fingerprint density at radius 2 is 1.94 bits per heavy atom. The van der Waals surface area contributed by atoms with Crippen molar-refractivity contribution in [3.63, 3.8) is 0 Å². The van der Waals surface area contributed by atoms with Crippen LogP contribution in [0.25, 0.3) is 16.6 Å². The molecule has 3 aromatic heterocycles. The molecular formula is C25H25FN4O5. The minimum absolute atomic E-state index is 0.0317. The SMILES string of the molecule is CCOC(OCC)c1cnc2c(F)c(OC)c(CNC(=O)c3cc(=O)n4ccccc4n3)cc2c1. The van der Waals surface area contributed by atoms with Crippen LogP contribution in [0, 0.1) is 5.82 Å². The number of rotatable bonds is 9. The molecule has 0 bridgehead atoms. The van der Waals surface area contributed by atoms with E-state index in [1.54, 1.807) is 36.5 Å². The molecular weight excluding hydrogens is 455 g/mol. The lowest BCUT2D eigenvalue weighted by Crippen LogP contribution is -2.27. The molecule has 10 heteroatoms. The smallest absolute Gasteiger partial charge is 0.270 e. The second kappa shape index (κ2) is 10.6. The number of aromatic nitrogens is 3. The number of methoxy groups -OCH3 is 1. The Labute approximate surface area is 200 Å². The molecule has 0 aliphatic heterocycles. The van der Waals surface area contributed by atoms with Gasteiger partial charge in [-0.15, -0.1) is 0 Å². The summed E-state index contributed by atoms with van der Waals surface area (Å²) in [5.74, 6) is -1.25. The van der Waals surface area contributed by atoms with E-state index in [2.05, 4.69) is 15.3 Å². The van der Waals surface area contributed by atoms with E-state index in [1.807, 2.05) is 13.8 Å². The van der Waals surface area contributed by atoms with Gasteiger partial charge in [-0.3, -0.25) is 19.0 Å². The van der Waals surface area contributed by atoms with Gasteiger partial charge in [-0.2, -0.15) is 0 Å². The molecule has 0 saturated carbocycles. The number of amides is 1. The van der Waals surface area contributed by atoms with Gasteiger partial charge in [0.15, 0.2) is 17.9 Å². The van der Waals surface area contributed by atoms with Gasteiger partial charge < -0.3 is 19.5 Å². The Bertz CT molecular complexity index is 1430. The number of nitrogens with zero attached hydrogens (tertiary/aromatic N) is 3. The zero-order chi connectivity index (χ0) is 24.9. The highest BCUT2D eigenvalue weighted by Gasteiger charge is 2.19. The number of pyridine rings is 2. The molecule has 1 N–H and O–H groups in total. The zero-order valence-corrected chi connectivity index (χ0v) is 19.6. The van der Waals surface area contributed by atoms with E-state index in [4.69, 9.17) is 14.2 Å². The molecule has 0 fully saturated rings. The Hall–Kier alpha value is -3.89. The highest BCUT2D eigenvalue weighted by Crippen LogP contribution is 2.31. The molecule has 0 radical (unpaired) electrons. The van der Waals surface area contributed by atoms with Crippen LogP contribution >= 0.6 is 0 Å². The molecule has 0 atom stereocenters. The first-order chi connectivity index (χ1) is 17.0. The quantitative estimate of drug-likeness (QED) is 0.366. The Kier molecular flexibility index (Phi) is 7.33. The lowest BCUT2D eigenvalue weighted by Gasteiger charge is -2.18. The molecule has 4 rings (SSSR count). The fourth-order valence-electron chi connectivity index (χ4n) is 3.75. The van der Waals surface area contributed by atoms with Crippen molar-refractivity contribution in [3.8, 4) is 5.75 Å². The lowest BCUT2D eigenvalue weighted by molar-refractivity contribution is -0.140. The molecule has 0 aliphatic rings. The third-order valence-corrected chi connectivity index (χ3v) is 5.32. The summed E-state index contributed by atoms with van der Waals surface area (Å²) < 4.78 is 33.1. The van der Waals surface area contributed by atoms with Crippen molar-refractivity contribution in [1.82, 2.24) is 19.7 Å². The minimum atomic E-state index is -0.646. The summed E-state index contributed by atoms with van der Waals surface area (Å²) >= 11 is 0. The number of nitrogens with one attached hydrogen (secondary N) is 1. The molecule has 1 aromatic carbocycles. The van der Waals surface area contributed by atoms with Gasteiger partial charge in [0.2, 0.25) is 0 Å². The average Bonchev–Trinajstić information content (AvgIpc) is 2.87. The minimum Gasteiger partial charge on any atom is -0.493 e. The summed E-state index contributed by atoms with van der Waals surface area (Å²) in [6.45, 7) is 4.51. The summed E-state index contributed by atoms with van der Waals surface area (Å²) in [6, 6.07) is 9.61. The largest absolute Gasteiger partial charge is 0.493 e. The fourth-order valence-corrected chi connectivity index (χ4v) is 3.75. The summed E-state index contributed by atoms with van der Waals surface area (Å²) in [4.78, 5) is 33.5. The summed E-state index contributed by atoms with van der Waals surface area (Å²) in [5, 5.41) is 3.18. The highest BCUT2D eigenvalue weighted by molar-refractivity contribution is 5.92.